The minimum absolute atomic E-state index is 0.185. The van der Waals surface area contributed by atoms with Crippen LogP contribution < -0.4 is 10.0 Å². The Morgan fingerprint density at radius 2 is 1.52 bits per heavy atom. The first kappa shape index (κ1) is 21.3. The number of benzene rings is 3. The molecule has 1 aliphatic rings. The van der Waals surface area contributed by atoms with E-state index < -0.39 is 32.4 Å². The van der Waals surface area contributed by atoms with Crippen molar-refractivity contribution < 1.29 is 21.6 Å². The second kappa shape index (κ2) is 8.08. The second-order valence-electron chi connectivity index (χ2n) is 7.89. The Bertz CT molecular complexity index is 1440. The van der Waals surface area contributed by atoms with E-state index in [1.165, 1.54) is 17.2 Å². The lowest BCUT2D eigenvalue weighted by Gasteiger charge is -2.15. The highest BCUT2D eigenvalue weighted by molar-refractivity contribution is 7.92. The Morgan fingerprint density at radius 1 is 0.848 bits per heavy atom. The Morgan fingerprint density at radius 3 is 2.18 bits per heavy atom. The van der Waals surface area contributed by atoms with Gasteiger partial charge in [0.25, 0.3) is 10.0 Å². The van der Waals surface area contributed by atoms with Crippen LogP contribution in [-0.4, -0.2) is 19.4 Å². The van der Waals surface area contributed by atoms with Crippen LogP contribution in [0.5, 0.6) is 0 Å². The highest BCUT2D eigenvalue weighted by Gasteiger charge is 2.22. The molecule has 0 saturated carbocycles. The fourth-order valence-corrected chi connectivity index (χ4v) is 5.19. The van der Waals surface area contributed by atoms with Crippen LogP contribution in [0.15, 0.2) is 71.6 Å². The molecule has 9 heteroatoms. The molecule has 0 fully saturated rings. The number of halogens is 3. The Hall–Kier alpha value is -3.59. The Balaban J connectivity index is 1.40. The van der Waals surface area contributed by atoms with E-state index in [1.807, 2.05) is 12.1 Å². The largest absolute Gasteiger partial charge is 0.367 e. The number of hydrogen-bond donors (Lipinski definition) is 2. The van der Waals surface area contributed by atoms with E-state index in [0.29, 0.717) is 28.9 Å². The van der Waals surface area contributed by atoms with Crippen molar-refractivity contribution in [3.05, 3.63) is 95.3 Å². The molecule has 1 aliphatic carbocycles. The number of anilines is 2. The summed E-state index contributed by atoms with van der Waals surface area (Å²) in [5, 5.41) is 3.93. The number of rotatable bonds is 5. The van der Waals surface area contributed by atoms with Gasteiger partial charge < -0.3 is 5.32 Å². The number of fused-ring (bicyclic) bond motifs is 2. The summed E-state index contributed by atoms with van der Waals surface area (Å²) < 4.78 is 67.9. The van der Waals surface area contributed by atoms with Crippen molar-refractivity contribution in [1.29, 1.82) is 0 Å². The predicted molar refractivity (Wildman–Crippen MR) is 120 cm³/mol. The van der Waals surface area contributed by atoms with E-state index in [0.717, 1.165) is 12.8 Å². The average molecular weight is 469 g/mol. The van der Waals surface area contributed by atoms with Crippen molar-refractivity contribution in [2.45, 2.75) is 23.8 Å². The van der Waals surface area contributed by atoms with Crippen LogP contribution in [0.3, 0.4) is 0 Å². The molecule has 0 saturated heterocycles. The van der Waals surface area contributed by atoms with Gasteiger partial charge in [-0.2, -0.15) is 0 Å². The molecule has 2 N–H and O–H groups in total. The summed E-state index contributed by atoms with van der Waals surface area (Å²) in [6.07, 6.45) is 1.78. The average Bonchev–Trinajstić information content (AvgIpc) is 3.19. The number of nitrogens with zero attached hydrogens (tertiary/aromatic N) is 1. The maximum Gasteiger partial charge on any atom is 0.262 e. The van der Waals surface area contributed by atoms with Gasteiger partial charge in [-0.15, -0.1) is 0 Å². The second-order valence-corrected chi connectivity index (χ2v) is 9.58. The van der Waals surface area contributed by atoms with Gasteiger partial charge in [0.2, 0.25) is 0 Å². The zero-order chi connectivity index (χ0) is 23.2. The van der Waals surface area contributed by atoms with E-state index in [-0.39, 0.29) is 11.7 Å². The fraction of sp³-hybridized carbons (Fsp3) is 0.125. The van der Waals surface area contributed by atoms with Crippen molar-refractivity contribution in [2.24, 2.45) is 0 Å². The molecule has 0 spiro atoms. The van der Waals surface area contributed by atoms with Crippen LogP contribution in [0.2, 0.25) is 0 Å². The molecule has 5 nitrogen and oxygen atoms in total. The third-order valence-corrected chi connectivity index (χ3v) is 6.99. The minimum Gasteiger partial charge on any atom is -0.367 e. The Kier molecular flexibility index (Phi) is 5.20. The van der Waals surface area contributed by atoms with Gasteiger partial charge in [-0.1, -0.05) is 30.3 Å². The molecule has 33 heavy (non-hydrogen) atoms. The first-order valence-corrected chi connectivity index (χ1v) is 11.7. The molecular weight excluding hydrogens is 451 g/mol. The zero-order valence-corrected chi connectivity index (χ0v) is 18.0. The molecule has 0 aliphatic heterocycles. The van der Waals surface area contributed by atoms with Crippen LogP contribution in [0, 0.1) is 17.5 Å². The molecule has 0 atom stereocenters. The highest BCUT2D eigenvalue weighted by Crippen LogP contribution is 2.29. The lowest BCUT2D eigenvalue weighted by atomic mass is 10.1. The van der Waals surface area contributed by atoms with Gasteiger partial charge >= 0.3 is 0 Å². The molecule has 1 heterocycles. The number of hydrogen-bond acceptors (Lipinski definition) is 4. The van der Waals surface area contributed by atoms with Gasteiger partial charge in [0, 0.05) is 11.4 Å². The predicted octanol–water partition coefficient (Wildman–Crippen LogP) is 5.03. The number of sulfonamides is 1. The quantitative estimate of drug-likeness (QED) is 0.402. The van der Waals surface area contributed by atoms with Crippen LogP contribution >= 0.6 is 0 Å². The van der Waals surface area contributed by atoms with Crippen LogP contribution in [0.4, 0.5) is 24.7 Å². The standard InChI is InChI=1S/C24H18F3N3O2S/c25-19-12-17(13-20(26)24(19)27)33(31,32)30-22-7-3-6-21-18(22)8-9-23(29-21)28-16-10-14-4-1-2-5-15(14)11-16/h1-9,12-13,16,30H,10-11H2,(H,28,29). The molecule has 1 aromatic heterocycles. The van der Waals surface area contributed by atoms with Crippen LogP contribution in [-0.2, 0) is 22.9 Å². The van der Waals surface area contributed by atoms with Gasteiger partial charge in [0.15, 0.2) is 17.5 Å². The van der Waals surface area contributed by atoms with E-state index in [1.54, 1.807) is 24.3 Å². The van der Waals surface area contributed by atoms with Crippen molar-refractivity contribution in [3.63, 3.8) is 0 Å². The monoisotopic (exact) mass is 469 g/mol. The Labute approximate surface area is 188 Å². The SMILES string of the molecule is O=S(=O)(Nc1cccc2nc(NC3Cc4ccccc4C3)ccc12)c1cc(F)c(F)c(F)c1. The number of nitrogens with one attached hydrogen (secondary N) is 2. The normalized spacial score (nSPS) is 13.8. The lowest BCUT2D eigenvalue weighted by Crippen LogP contribution is -2.20. The van der Waals surface area contributed by atoms with E-state index in [9.17, 15) is 21.6 Å². The molecule has 0 amide bonds. The summed E-state index contributed by atoms with van der Waals surface area (Å²) in [7, 11) is -4.37. The molecule has 5 rings (SSSR count). The topological polar surface area (TPSA) is 71.1 Å². The van der Waals surface area contributed by atoms with Crippen molar-refractivity contribution in [3.8, 4) is 0 Å². The third kappa shape index (κ3) is 4.11. The van der Waals surface area contributed by atoms with Crippen molar-refractivity contribution >= 4 is 32.4 Å². The van der Waals surface area contributed by atoms with Crippen molar-refractivity contribution in [1.82, 2.24) is 4.98 Å². The minimum atomic E-state index is -4.37. The number of aromatic nitrogens is 1. The highest BCUT2D eigenvalue weighted by atomic mass is 32.2. The third-order valence-electron chi connectivity index (χ3n) is 5.65. The van der Waals surface area contributed by atoms with Gasteiger partial charge in [-0.25, -0.2) is 26.6 Å². The fourth-order valence-electron chi connectivity index (χ4n) is 4.09. The van der Waals surface area contributed by atoms with Crippen LogP contribution in [0.1, 0.15) is 11.1 Å². The first-order chi connectivity index (χ1) is 15.8. The molecule has 4 aromatic rings. The maximum atomic E-state index is 13.5. The number of pyridine rings is 1. The van der Waals surface area contributed by atoms with E-state index >= 15 is 0 Å². The maximum absolute atomic E-state index is 13.5. The summed E-state index contributed by atoms with van der Waals surface area (Å²) >= 11 is 0. The molecule has 0 unspecified atom stereocenters. The van der Waals surface area contributed by atoms with Gasteiger partial charge in [0.1, 0.15) is 5.82 Å². The summed E-state index contributed by atoms with van der Waals surface area (Å²) in [6, 6.07) is 17.7. The van der Waals surface area contributed by atoms with Gasteiger partial charge in [0.05, 0.1) is 16.1 Å². The summed E-state index contributed by atoms with van der Waals surface area (Å²) in [6.45, 7) is 0. The molecule has 168 valence electrons. The summed E-state index contributed by atoms with van der Waals surface area (Å²) in [4.78, 5) is 3.87. The molecule has 0 radical (unpaired) electrons. The first-order valence-electron chi connectivity index (χ1n) is 10.2. The summed E-state index contributed by atoms with van der Waals surface area (Å²) in [5.41, 5.74) is 3.33. The van der Waals surface area contributed by atoms with E-state index in [2.05, 4.69) is 27.2 Å². The smallest absolute Gasteiger partial charge is 0.262 e. The van der Waals surface area contributed by atoms with Gasteiger partial charge in [-0.3, -0.25) is 4.72 Å². The van der Waals surface area contributed by atoms with Gasteiger partial charge in [-0.05, 0) is 60.4 Å². The zero-order valence-electron chi connectivity index (χ0n) is 17.1. The van der Waals surface area contributed by atoms with Crippen LogP contribution in [0.25, 0.3) is 10.9 Å². The van der Waals surface area contributed by atoms with E-state index in [4.69, 9.17) is 0 Å². The van der Waals surface area contributed by atoms with Crippen molar-refractivity contribution in [2.75, 3.05) is 10.0 Å². The molecular formula is C24H18F3N3O2S. The lowest BCUT2D eigenvalue weighted by molar-refractivity contribution is 0.442. The molecule has 0 bridgehead atoms. The summed E-state index contributed by atoms with van der Waals surface area (Å²) in [5.74, 6) is -4.24. The molecule has 3 aromatic carbocycles.